The predicted molar refractivity (Wildman–Crippen MR) is 94.8 cm³/mol. The van der Waals surface area contributed by atoms with Crippen LogP contribution in [0.4, 0.5) is 13.6 Å². The number of nitrogens with two attached hydrogens (primary N) is 1. The molecule has 2 rings (SSSR count). The van der Waals surface area contributed by atoms with Gasteiger partial charge >= 0.3 is 6.09 Å². The minimum Gasteiger partial charge on any atom is -0.444 e. The van der Waals surface area contributed by atoms with Crippen LogP contribution in [0.5, 0.6) is 0 Å². The van der Waals surface area contributed by atoms with Gasteiger partial charge in [-0.2, -0.15) is 0 Å². The molecule has 0 saturated carbocycles. The number of nitrogens with zero attached hydrogens (tertiary/aromatic N) is 3. The van der Waals surface area contributed by atoms with Crippen molar-refractivity contribution in [2.75, 3.05) is 6.54 Å². The number of hydrogen-bond acceptors (Lipinski definition) is 5. The van der Waals surface area contributed by atoms with Gasteiger partial charge in [-0.25, -0.2) is 23.5 Å². The molecule has 0 aromatic carbocycles. The Morgan fingerprint density at radius 1 is 1.48 bits per heavy atom. The highest BCUT2D eigenvalue weighted by Gasteiger charge is 2.43. The molecular formula is C17H23ClF2N4O3. The number of primary amides is 1. The molecule has 0 spiro atoms. The zero-order valence-corrected chi connectivity index (χ0v) is 16.2. The minimum atomic E-state index is -2.98. The van der Waals surface area contributed by atoms with Gasteiger partial charge in [0.25, 0.3) is 11.8 Å². The number of carbonyl (C=O) groups excluding carboxylic acids is 2. The van der Waals surface area contributed by atoms with Gasteiger partial charge in [0.15, 0.2) is 0 Å². The highest BCUT2D eigenvalue weighted by atomic mass is 35.5. The van der Waals surface area contributed by atoms with Crippen molar-refractivity contribution in [2.45, 2.75) is 64.0 Å². The average Bonchev–Trinajstić information content (AvgIpc) is 2.53. The number of aromatic nitrogens is 2. The summed E-state index contributed by atoms with van der Waals surface area (Å²) in [5, 5.41) is -0.125. The second-order valence-electron chi connectivity index (χ2n) is 7.37. The van der Waals surface area contributed by atoms with Gasteiger partial charge in [-0.3, -0.25) is 4.79 Å². The first-order valence-electron chi connectivity index (χ1n) is 8.57. The molecule has 7 nitrogen and oxygen atoms in total. The van der Waals surface area contributed by atoms with Crippen molar-refractivity contribution in [3.8, 4) is 0 Å². The maximum atomic E-state index is 14.0. The van der Waals surface area contributed by atoms with Crippen molar-refractivity contribution in [2.24, 2.45) is 5.73 Å². The van der Waals surface area contributed by atoms with Crippen LogP contribution < -0.4 is 5.73 Å². The fraction of sp³-hybridized carbons (Fsp3) is 0.647. The van der Waals surface area contributed by atoms with E-state index in [4.69, 9.17) is 22.1 Å². The maximum Gasteiger partial charge on any atom is 0.405 e. The van der Waals surface area contributed by atoms with E-state index >= 15 is 0 Å². The molecule has 1 fully saturated rings. The zero-order valence-electron chi connectivity index (χ0n) is 15.5. The summed E-state index contributed by atoms with van der Waals surface area (Å²) in [6.45, 7) is 4.27. The van der Waals surface area contributed by atoms with Crippen LogP contribution in [0.2, 0.25) is 5.28 Å². The second-order valence-corrected chi connectivity index (χ2v) is 7.71. The number of aryl methyl sites for hydroxylation is 1. The lowest BCUT2D eigenvalue weighted by atomic mass is 9.91. The molecule has 27 heavy (non-hydrogen) atoms. The summed E-state index contributed by atoms with van der Waals surface area (Å²) in [5.41, 5.74) is 4.65. The second kappa shape index (κ2) is 7.92. The lowest BCUT2D eigenvalue weighted by Crippen LogP contribution is -2.52. The summed E-state index contributed by atoms with van der Waals surface area (Å²) in [7, 11) is 0. The average molecular weight is 405 g/mol. The Kier molecular flexibility index (Phi) is 6.24. The summed E-state index contributed by atoms with van der Waals surface area (Å²) >= 11 is 5.76. The lowest BCUT2D eigenvalue weighted by molar-refractivity contribution is -0.0757. The highest BCUT2D eigenvalue weighted by molar-refractivity contribution is 6.28. The maximum absolute atomic E-state index is 14.0. The third kappa shape index (κ3) is 5.72. The van der Waals surface area contributed by atoms with Gasteiger partial charge in [-0.1, -0.05) is 0 Å². The molecule has 1 aromatic heterocycles. The number of amides is 2. The third-order valence-corrected chi connectivity index (χ3v) is 4.73. The van der Waals surface area contributed by atoms with Crippen molar-refractivity contribution in [3.63, 3.8) is 0 Å². The van der Waals surface area contributed by atoms with Crippen LogP contribution in [0.1, 0.15) is 55.6 Å². The van der Waals surface area contributed by atoms with E-state index in [2.05, 4.69) is 9.97 Å². The number of hydrogen-bond donors (Lipinski definition) is 1. The lowest BCUT2D eigenvalue weighted by Gasteiger charge is -2.40. The van der Waals surface area contributed by atoms with Crippen molar-refractivity contribution >= 4 is 23.6 Å². The first-order chi connectivity index (χ1) is 12.4. The fourth-order valence-corrected chi connectivity index (χ4v) is 3.27. The number of halogens is 3. The Morgan fingerprint density at radius 3 is 2.78 bits per heavy atom. The van der Waals surface area contributed by atoms with Gasteiger partial charge in [0.05, 0.1) is 6.54 Å². The summed E-state index contributed by atoms with van der Waals surface area (Å²) < 4.78 is 33.0. The summed E-state index contributed by atoms with van der Waals surface area (Å²) in [6.07, 6.45) is 1.02. The monoisotopic (exact) mass is 404 g/mol. The zero-order chi connectivity index (χ0) is 20.4. The van der Waals surface area contributed by atoms with E-state index in [1.165, 1.54) is 6.20 Å². The van der Waals surface area contributed by atoms with Crippen molar-refractivity contribution in [3.05, 3.63) is 22.7 Å². The van der Waals surface area contributed by atoms with Crippen LogP contribution in [-0.2, 0) is 4.74 Å². The van der Waals surface area contributed by atoms with E-state index < -0.39 is 36.1 Å². The first-order valence-corrected chi connectivity index (χ1v) is 8.94. The van der Waals surface area contributed by atoms with Crippen LogP contribution in [-0.4, -0.2) is 51.0 Å². The largest absolute Gasteiger partial charge is 0.444 e. The van der Waals surface area contributed by atoms with E-state index in [0.29, 0.717) is 18.4 Å². The molecule has 2 N–H and O–H groups in total. The molecule has 1 aromatic rings. The van der Waals surface area contributed by atoms with Crippen molar-refractivity contribution < 1.29 is 23.1 Å². The van der Waals surface area contributed by atoms with Crippen LogP contribution in [0.15, 0.2) is 6.20 Å². The van der Waals surface area contributed by atoms with Crippen LogP contribution in [0, 0.1) is 6.92 Å². The highest BCUT2D eigenvalue weighted by Crippen LogP contribution is 2.34. The molecule has 1 aliphatic rings. The van der Waals surface area contributed by atoms with Crippen molar-refractivity contribution in [1.29, 1.82) is 0 Å². The van der Waals surface area contributed by atoms with E-state index in [9.17, 15) is 18.4 Å². The van der Waals surface area contributed by atoms with E-state index in [1.54, 1.807) is 20.8 Å². The van der Waals surface area contributed by atoms with E-state index in [0.717, 1.165) is 4.90 Å². The molecular weight excluding hydrogens is 382 g/mol. The van der Waals surface area contributed by atoms with Crippen LogP contribution in [0.25, 0.3) is 0 Å². The molecule has 1 saturated heterocycles. The SMILES string of the molecule is Cc1cnc(Cl)nc1C(=O)N1CC(F)(F)CC[C@H]1CCC(C)(C)OC(N)=O. The molecule has 10 heteroatoms. The van der Waals surface area contributed by atoms with Crippen molar-refractivity contribution in [1.82, 2.24) is 14.9 Å². The Hall–Kier alpha value is -2.03. The Balaban J connectivity index is 2.21. The van der Waals surface area contributed by atoms with Gasteiger partial charge in [-0.05, 0) is 57.2 Å². The molecule has 0 aliphatic carbocycles. The number of carbonyl (C=O) groups is 2. The number of rotatable bonds is 5. The number of alkyl halides is 2. The fourth-order valence-electron chi connectivity index (χ4n) is 3.14. The molecule has 150 valence electrons. The van der Waals surface area contributed by atoms with Crippen LogP contribution in [0.3, 0.4) is 0 Å². The molecule has 1 atom stereocenters. The van der Waals surface area contributed by atoms with Gasteiger partial charge in [0.2, 0.25) is 5.28 Å². The Bertz CT molecular complexity index is 730. The normalized spacial score (nSPS) is 19.6. The molecule has 1 aliphatic heterocycles. The molecule has 2 heterocycles. The predicted octanol–water partition coefficient (Wildman–Crippen LogP) is 3.33. The smallest absolute Gasteiger partial charge is 0.405 e. The summed E-state index contributed by atoms with van der Waals surface area (Å²) in [5.74, 6) is -3.59. The minimum absolute atomic E-state index is 0.00495. The van der Waals surface area contributed by atoms with Crippen LogP contribution >= 0.6 is 11.6 Å². The van der Waals surface area contributed by atoms with Gasteiger partial charge < -0.3 is 15.4 Å². The molecule has 2 amide bonds. The molecule has 0 bridgehead atoms. The van der Waals surface area contributed by atoms with E-state index in [1.807, 2.05) is 0 Å². The quantitative estimate of drug-likeness (QED) is 0.759. The number of ether oxygens (including phenoxy) is 1. The first kappa shape index (κ1) is 21.3. The third-order valence-electron chi connectivity index (χ3n) is 4.55. The molecule has 0 unspecified atom stereocenters. The summed E-state index contributed by atoms with van der Waals surface area (Å²) in [6, 6.07) is -0.444. The van der Waals surface area contributed by atoms with E-state index in [-0.39, 0.29) is 23.8 Å². The Morgan fingerprint density at radius 2 is 2.15 bits per heavy atom. The van der Waals surface area contributed by atoms with Gasteiger partial charge in [0.1, 0.15) is 11.3 Å². The summed E-state index contributed by atoms with van der Waals surface area (Å²) in [4.78, 5) is 32.7. The Labute approximate surface area is 161 Å². The number of likely N-dealkylation sites (tertiary alicyclic amines) is 1. The molecule has 0 radical (unpaired) electrons. The van der Waals surface area contributed by atoms with Gasteiger partial charge in [0, 0.05) is 18.7 Å². The van der Waals surface area contributed by atoms with Gasteiger partial charge in [-0.15, -0.1) is 0 Å². The number of piperidine rings is 1. The topological polar surface area (TPSA) is 98.4 Å². The standard InChI is InChI=1S/C17H23ClF2N4O3/c1-10-8-22-14(18)23-12(10)13(25)24-9-17(19,20)7-5-11(24)4-6-16(2,3)27-15(21)26/h8,11H,4-7,9H2,1-3H3,(H2,21,26)/t11-/m1/s1.